The number of esters is 1. The molecule has 1 aliphatic heterocycles. The molecule has 9 nitrogen and oxygen atoms in total. The molecule has 2 atom stereocenters. The minimum atomic E-state index is -0.475. The number of dihydropyridines is 1. The van der Waals surface area contributed by atoms with Gasteiger partial charge in [-0.3, -0.25) is 9.59 Å². The van der Waals surface area contributed by atoms with Crippen molar-refractivity contribution >= 4 is 11.8 Å². The molecule has 0 aliphatic carbocycles. The van der Waals surface area contributed by atoms with Gasteiger partial charge in [0.25, 0.3) is 0 Å². The molecule has 6 N–H and O–H groups in total. The predicted octanol–water partition coefficient (Wildman–Crippen LogP) is 4.57. The van der Waals surface area contributed by atoms with Crippen LogP contribution >= 0.6 is 0 Å². The minimum absolute atomic E-state index is 0.0272. The Labute approximate surface area is 236 Å². The van der Waals surface area contributed by atoms with Crippen molar-refractivity contribution in [2.24, 2.45) is 11.7 Å². The summed E-state index contributed by atoms with van der Waals surface area (Å²) >= 11 is 0. The number of allylic oxidation sites excluding steroid dienone is 2. The Morgan fingerprint density at radius 2 is 1.88 bits per heavy atom. The predicted molar refractivity (Wildman–Crippen MR) is 154 cm³/mol. The van der Waals surface area contributed by atoms with Gasteiger partial charge in [-0.15, -0.1) is 0 Å². The van der Waals surface area contributed by atoms with Gasteiger partial charge in [0.1, 0.15) is 11.9 Å². The number of aromatic hydroxyl groups is 2. The normalized spacial score (nSPS) is 14.5. The molecule has 0 saturated carbocycles. The fourth-order valence-electron chi connectivity index (χ4n) is 5.12. The summed E-state index contributed by atoms with van der Waals surface area (Å²) in [5.74, 6) is 0.213. The molecule has 40 heavy (non-hydrogen) atoms. The van der Waals surface area contributed by atoms with Gasteiger partial charge in [0.15, 0.2) is 11.5 Å². The molecule has 0 fully saturated rings. The molecule has 1 aliphatic rings. The van der Waals surface area contributed by atoms with Crippen LogP contribution in [0.15, 0.2) is 48.1 Å². The van der Waals surface area contributed by atoms with Crippen LogP contribution in [0.25, 0.3) is 0 Å². The first kappa shape index (κ1) is 30.7. The maximum Gasteiger partial charge on any atom is 0.302 e. The Morgan fingerprint density at radius 1 is 1.10 bits per heavy atom. The lowest BCUT2D eigenvalue weighted by molar-refractivity contribution is -0.148. The highest BCUT2D eigenvalue weighted by Gasteiger charge is 2.20. The molecule has 2 heterocycles. The number of phenols is 2. The minimum Gasteiger partial charge on any atom is -0.504 e. The van der Waals surface area contributed by atoms with Crippen LogP contribution in [0.5, 0.6) is 17.2 Å². The van der Waals surface area contributed by atoms with E-state index in [0.717, 1.165) is 38.6 Å². The summed E-state index contributed by atoms with van der Waals surface area (Å²) in [5.41, 5.74) is 10.4. The highest BCUT2D eigenvalue weighted by molar-refractivity contribution is 5.79. The zero-order valence-electron chi connectivity index (χ0n) is 23.8. The standard InChI is InChI=1S/C31H43N3O6/c1-4-21(13-25-19-33-18-24(25)8-5-22-11-12-34-30(32)16-22)7-10-27(40-20(2)35)17-26(36)9-6-23-14-28(37)31(38)29(15-23)39-3/h11,14-16,18-19,21,27,33-34,37-38H,4-10,12-13,17,32H2,1-3H3. The highest BCUT2D eigenvalue weighted by Crippen LogP contribution is 2.36. The summed E-state index contributed by atoms with van der Waals surface area (Å²) in [5, 5.41) is 22.8. The molecule has 0 bridgehead atoms. The smallest absolute Gasteiger partial charge is 0.302 e. The number of aromatic amines is 1. The second kappa shape index (κ2) is 15.1. The number of methoxy groups -OCH3 is 1. The number of nitrogens with two attached hydrogens (primary N) is 1. The van der Waals surface area contributed by atoms with Gasteiger partial charge in [0, 0.05) is 38.7 Å². The number of phenolic OH excluding ortho intramolecular Hbond substituents is 2. The SMILES string of the molecule is CCC(CCC(CC(=O)CCc1cc(O)c(O)c(OC)c1)OC(C)=O)Cc1c[nH]cc1CCC1=CCNC(N)=C1. The Morgan fingerprint density at radius 3 is 2.58 bits per heavy atom. The van der Waals surface area contributed by atoms with Gasteiger partial charge in [-0.2, -0.15) is 0 Å². The molecule has 1 aromatic heterocycles. The van der Waals surface area contributed by atoms with Crippen molar-refractivity contribution in [3.05, 3.63) is 64.8 Å². The number of carbonyl (C=O) groups excluding carboxylic acids is 2. The summed E-state index contributed by atoms with van der Waals surface area (Å²) in [6.07, 6.45) is 13.8. The lowest BCUT2D eigenvalue weighted by Crippen LogP contribution is -2.23. The summed E-state index contributed by atoms with van der Waals surface area (Å²) in [6.45, 7) is 4.29. The van der Waals surface area contributed by atoms with Crippen molar-refractivity contribution in [3.63, 3.8) is 0 Å². The fourth-order valence-corrected chi connectivity index (χ4v) is 5.12. The Bertz CT molecular complexity index is 1220. The number of ether oxygens (including phenoxy) is 2. The van der Waals surface area contributed by atoms with Crippen LogP contribution in [0.1, 0.15) is 69.1 Å². The molecule has 2 unspecified atom stereocenters. The molecule has 0 spiro atoms. The first-order valence-corrected chi connectivity index (χ1v) is 14.0. The number of aromatic nitrogens is 1. The van der Waals surface area contributed by atoms with E-state index < -0.39 is 12.1 Å². The van der Waals surface area contributed by atoms with Crippen molar-refractivity contribution in [1.82, 2.24) is 10.3 Å². The number of ketones is 1. The lowest BCUT2D eigenvalue weighted by Gasteiger charge is -2.21. The number of rotatable bonds is 16. The second-order valence-corrected chi connectivity index (χ2v) is 10.5. The van der Waals surface area contributed by atoms with Crippen LogP contribution in [-0.2, 0) is 33.6 Å². The molecule has 9 heteroatoms. The molecule has 3 rings (SSSR count). The number of hydrogen-bond acceptors (Lipinski definition) is 8. The number of benzene rings is 1. The summed E-state index contributed by atoms with van der Waals surface area (Å²) in [4.78, 5) is 27.8. The fraction of sp³-hybridized carbons (Fsp3) is 0.484. The van der Waals surface area contributed by atoms with Crippen molar-refractivity contribution in [2.45, 2.75) is 77.7 Å². The zero-order valence-corrected chi connectivity index (χ0v) is 23.8. The van der Waals surface area contributed by atoms with Crippen LogP contribution < -0.4 is 15.8 Å². The van der Waals surface area contributed by atoms with Gasteiger partial charge in [0.2, 0.25) is 5.75 Å². The summed E-state index contributed by atoms with van der Waals surface area (Å²) in [6, 6.07) is 3.02. The van der Waals surface area contributed by atoms with E-state index in [1.54, 1.807) is 6.07 Å². The molecule has 218 valence electrons. The van der Waals surface area contributed by atoms with Gasteiger partial charge in [0.05, 0.1) is 12.9 Å². The van der Waals surface area contributed by atoms with Crippen LogP contribution in [-0.4, -0.2) is 46.7 Å². The highest BCUT2D eigenvalue weighted by atomic mass is 16.5. The molecule has 0 saturated heterocycles. The lowest BCUT2D eigenvalue weighted by atomic mass is 9.89. The van der Waals surface area contributed by atoms with Crippen molar-refractivity contribution in [1.29, 1.82) is 0 Å². The van der Waals surface area contributed by atoms with E-state index in [4.69, 9.17) is 15.2 Å². The van der Waals surface area contributed by atoms with Crippen LogP contribution in [0.3, 0.4) is 0 Å². The number of hydrogen-bond donors (Lipinski definition) is 5. The topological polar surface area (TPSA) is 147 Å². The average Bonchev–Trinajstić information content (AvgIpc) is 3.36. The van der Waals surface area contributed by atoms with E-state index in [-0.39, 0.29) is 35.9 Å². The second-order valence-electron chi connectivity index (χ2n) is 10.5. The molecule has 0 amide bonds. The number of carbonyl (C=O) groups is 2. The largest absolute Gasteiger partial charge is 0.504 e. The van der Waals surface area contributed by atoms with Crippen LogP contribution in [0.4, 0.5) is 0 Å². The third kappa shape index (κ3) is 9.39. The Hall–Kier alpha value is -3.88. The molecule has 2 aromatic rings. The van der Waals surface area contributed by atoms with E-state index in [1.165, 1.54) is 36.8 Å². The van der Waals surface area contributed by atoms with E-state index >= 15 is 0 Å². The number of aryl methyl sites for hydroxylation is 2. The maximum atomic E-state index is 12.8. The average molecular weight is 554 g/mol. The van der Waals surface area contributed by atoms with E-state index in [0.29, 0.717) is 30.1 Å². The molecule has 1 aromatic carbocycles. The van der Waals surface area contributed by atoms with Gasteiger partial charge in [-0.25, -0.2) is 0 Å². The van der Waals surface area contributed by atoms with Gasteiger partial charge >= 0.3 is 5.97 Å². The number of Topliss-reactive ketones (excluding diaryl/α,β-unsaturated/α-hetero) is 1. The maximum absolute atomic E-state index is 12.8. The van der Waals surface area contributed by atoms with E-state index in [9.17, 15) is 19.8 Å². The van der Waals surface area contributed by atoms with Crippen molar-refractivity contribution in [2.75, 3.05) is 13.7 Å². The first-order chi connectivity index (χ1) is 19.2. The monoisotopic (exact) mass is 553 g/mol. The summed E-state index contributed by atoms with van der Waals surface area (Å²) in [7, 11) is 1.40. The van der Waals surface area contributed by atoms with Crippen LogP contribution in [0.2, 0.25) is 0 Å². The quantitative estimate of drug-likeness (QED) is 0.150. The van der Waals surface area contributed by atoms with Crippen molar-refractivity contribution < 1.29 is 29.3 Å². The first-order valence-electron chi connectivity index (χ1n) is 14.0. The number of nitrogens with one attached hydrogen (secondary N) is 2. The molecular weight excluding hydrogens is 510 g/mol. The van der Waals surface area contributed by atoms with Gasteiger partial charge in [-0.1, -0.05) is 19.4 Å². The third-order valence-electron chi connectivity index (χ3n) is 7.42. The van der Waals surface area contributed by atoms with Crippen molar-refractivity contribution in [3.8, 4) is 17.2 Å². The molecular formula is C31H43N3O6. The van der Waals surface area contributed by atoms with Gasteiger partial charge < -0.3 is 35.7 Å². The number of H-pyrrole nitrogens is 1. The molecule has 0 radical (unpaired) electrons. The van der Waals surface area contributed by atoms with Crippen LogP contribution in [0, 0.1) is 5.92 Å². The van der Waals surface area contributed by atoms with E-state index in [2.05, 4.69) is 35.7 Å². The third-order valence-corrected chi connectivity index (χ3v) is 7.42. The summed E-state index contributed by atoms with van der Waals surface area (Å²) < 4.78 is 10.6. The van der Waals surface area contributed by atoms with E-state index in [1.807, 2.05) is 6.08 Å². The Balaban J connectivity index is 1.52. The Kier molecular flexibility index (Phi) is 11.5. The van der Waals surface area contributed by atoms with Gasteiger partial charge in [-0.05, 0) is 84.9 Å². The zero-order chi connectivity index (χ0) is 29.1.